The molecule has 2 aromatic carbocycles. The first kappa shape index (κ1) is 22.4. The number of halogens is 2. The summed E-state index contributed by atoms with van der Waals surface area (Å²) in [5.74, 6) is -0.804. The Morgan fingerprint density at radius 2 is 1.87 bits per heavy atom. The summed E-state index contributed by atoms with van der Waals surface area (Å²) < 4.78 is 24.5. The highest BCUT2D eigenvalue weighted by Gasteiger charge is 2.39. The topological polar surface area (TPSA) is 110 Å². The lowest BCUT2D eigenvalue weighted by atomic mass is 9.93. The van der Waals surface area contributed by atoms with Crippen LogP contribution in [-0.2, 0) is 10.5 Å². The van der Waals surface area contributed by atoms with Crippen LogP contribution in [0.25, 0.3) is 5.57 Å². The zero-order valence-electron chi connectivity index (χ0n) is 16.3. The average molecular weight is 446 g/mol. The molecular weight excluding hydrogens is 426 g/mol. The number of anilines is 1. The quantitative estimate of drug-likeness (QED) is 0.322. The molecule has 0 saturated carbocycles. The fraction of sp³-hybridized carbons (Fsp3) is 0.190. The van der Waals surface area contributed by atoms with Crippen LogP contribution in [0.15, 0.2) is 71.7 Å². The fourth-order valence-electron chi connectivity index (χ4n) is 2.91. The molecule has 2 aromatic rings. The Labute approximate surface area is 181 Å². The molecule has 3 rings (SSSR count). The molecule has 0 spiro atoms. The predicted octanol–water partition coefficient (Wildman–Crippen LogP) is 3.93. The lowest BCUT2D eigenvalue weighted by Gasteiger charge is -2.25. The zero-order chi connectivity index (χ0) is 22.4. The van der Waals surface area contributed by atoms with E-state index in [1.807, 2.05) is 35.8 Å². The van der Waals surface area contributed by atoms with Gasteiger partial charge < -0.3 is 0 Å². The number of nitro groups is 1. The van der Waals surface area contributed by atoms with E-state index in [-0.39, 0.29) is 6.42 Å². The third kappa shape index (κ3) is 5.68. The van der Waals surface area contributed by atoms with E-state index in [2.05, 4.69) is 5.43 Å². The van der Waals surface area contributed by atoms with Gasteiger partial charge in [0.2, 0.25) is 0 Å². The number of alkyl halides is 2. The van der Waals surface area contributed by atoms with Crippen LogP contribution >= 0.6 is 11.8 Å². The van der Waals surface area contributed by atoms with Gasteiger partial charge in [-0.25, -0.2) is 0 Å². The summed E-state index contributed by atoms with van der Waals surface area (Å²) in [7, 11) is 0. The van der Waals surface area contributed by atoms with Crippen LogP contribution in [-0.4, -0.2) is 22.9 Å². The molecule has 10 heteroatoms. The summed E-state index contributed by atoms with van der Waals surface area (Å²) in [6.07, 6.45) is -0.0511. The van der Waals surface area contributed by atoms with Gasteiger partial charge in [-0.15, -0.1) is 11.8 Å². The van der Waals surface area contributed by atoms with Crippen molar-refractivity contribution < 1.29 is 18.5 Å². The van der Waals surface area contributed by atoms with Crippen LogP contribution in [0.3, 0.4) is 0 Å². The number of carbonyl (C=O) groups is 1. The molecule has 4 N–H and O–H groups in total. The molecule has 1 amide bonds. The summed E-state index contributed by atoms with van der Waals surface area (Å²) >= 11 is 1.48. The SMILES string of the molecule is NC1([N+](=O)[O-])C=CC(c2ccc(NNC(=O)C(F)F)cc2)=C(SCc2ccccc2)C1. The van der Waals surface area contributed by atoms with Gasteiger partial charge in [0.15, 0.2) is 0 Å². The summed E-state index contributed by atoms with van der Waals surface area (Å²) in [6, 6.07) is 16.4. The third-order valence-corrected chi connectivity index (χ3v) is 5.79. The minimum absolute atomic E-state index is 0.0494. The molecule has 7 nitrogen and oxygen atoms in total. The lowest BCUT2D eigenvalue weighted by Crippen LogP contribution is -2.47. The highest BCUT2D eigenvalue weighted by Crippen LogP contribution is 2.39. The number of hydrogen-bond acceptors (Lipinski definition) is 6. The van der Waals surface area contributed by atoms with Gasteiger partial charge >= 0.3 is 12.3 Å². The van der Waals surface area contributed by atoms with Crippen molar-refractivity contribution in [3.05, 3.63) is 92.9 Å². The second-order valence-electron chi connectivity index (χ2n) is 6.86. The molecule has 0 fully saturated rings. The first-order chi connectivity index (χ1) is 14.8. The Kier molecular flexibility index (Phi) is 7.03. The minimum atomic E-state index is -3.12. The van der Waals surface area contributed by atoms with Crippen molar-refractivity contribution in [2.24, 2.45) is 5.73 Å². The van der Waals surface area contributed by atoms with Gasteiger partial charge in [-0.05, 0) is 34.9 Å². The van der Waals surface area contributed by atoms with Crippen LogP contribution in [0.5, 0.6) is 0 Å². The van der Waals surface area contributed by atoms with Crippen molar-refractivity contribution in [1.82, 2.24) is 5.43 Å². The highest BCUT2D eigenvalue weighted by molar-refractivity contribution is 8.02. The third-order valence-electron chi connectivity index (χ3n) is 4.60. The molecular formula is C21H20F2N4O3S. The van der Waals surface area contributed by atoms with Crippen molar-refractivity contribution >= 4 is 28.9 Å². The van der Waals surface area contributed by atoms with E-state index in [1.165, 1.54) is 17.8 Å². The second kappa shape index (κ2) is 9.71. The van der Waals surface area contributed by atoms with E-state index >= 15 is 0 Å². The summed E-state index contributed by atoms with van der Waals surface area (Å²) in [5.41, 5.74) is 11.7. The van der Waals surface area contributed by atoms with E-state index in [9.17, 15) is 23.7 Å². The number of nitrogens with two attached hydrogens (primary N) is 1. The molecule has 0 saturated heterocycles. The van der Waals surface area contributed by atoms with Gasteiger partial charge in [0.25, 0.3) is 5.66 Å². The summed E-state index contributed by atoms with van der Waals surface area (Å²) in [4.78, 5) is 22.7. The minimum Gasteiger partial charge on any atom is -0.298 e. The highest BCUT2D eigenvalue weighted by atomic mass is 32.2. The standard InChI is InChI=1S/C21H20F2N4O3S/c22-19(23)20(28)26-25-16-8-6-15(7-9-16)17-10-11-21(24,27(29)30)12-18(17)31-13-14-4-2-1-3-5-14/h1-11,19,25H,12-13,24H2,(H,26,28). The van der Waals surface area contributed by atoms with E-state index < -0.39 is 22.9 Å². The normalized spacial score (nSPS) is 18.2. The smallest absolute Gasteiger partial charge is 0.298 e. The van der Waals surface area contributed by atoms with Crippen molar-refractivity contribution in [2.75, 3.05) is 5.43 Å². The Morgan fingerprint density at radius 3 is 2.48 bits per heavy atom. The first-order valence-corrected chi connectivity index (χ1v) is 10.2. The first-order valence-electron chi connectivity index (χ1n) is 9.25. The number of rotatable bonds is 8. The van der Waals surface area contributed by atoms with E-state index in [0.717, 1.165) is 21.6 Å². The van der Waals surface area contributed by atoms with Gasteiger partial charge in [-0.3, -0.25) is 31.5 Å². The van der Waals surface area contributed by atoms with Crippen LogP contribution in [0, 0.1) is 10.1 Å². The largest absolute Gasteiger partial charge is 0.317 e. The van der Waals surface area contributed by atoms with Crippen LogP contribution in [0.4, 0.5) is 14.5 Å². The molecule has 31 heavy (non-hydrogen) atoms. The zero-order valence-corrected chi connectivity index (χ0v) is 17.1. The van der Waals surface area contributed by atoms with Gasteiger partial charge in [-0.2, -0.15) is 8.78 Å². The Balaban J connectivity index is 1.82. The van der Waals surface area contributed by atoms with Gasteiger partial charge in [0.1, 0.15) is 0 Å². The monoisotopic (exact) mass is 446 g/mol. The molecule has 162 valence electrons. The van der Waals surface area contributed by atoms with E-state index in [1.54, 1.807) is 30.3 Å². The molecule has 0 radical (unpaired) electrons. The molecule has 1 aliphatic rings. The Morgan fingerprint density at radius 1 is 1.19 bits per heavy atom. The maximum atomic E-state index is 12.3. The molecule has 0 aliphatic heterocycles. The number of carbonyl (C=O) groups excluding carboxylic acids is 1. The number of benzene rings is 2. The molecule has 0 heterocycles. The second-order valence-corrected chi connectivity index (χ2v) is 7.93. The van der Waals surface area contributed by atoms with Crippen LogP contribution in [0.1, 0.15) is 17.5 Å². The van der Waals surface area contributed by atoms with Gasteiger partial charge in [0, 0.05) is 21.7 Å². The summed E-state index contributed by atoms with van der Waals surface area (Å²) in [5, 5.41) is 11.5. The predicted molar refractivity (Wildman–Crippen MR) is 117 cm³/mol. The van der Waals surface area contributed by atoms with E-state index in [0.29, 0.717) is 11.4 Å². The number of nitrogens with one attached hydrogen (secondary N) is 2. The Bertz CT molecular complexity index is 1010. The maximum absolute atomic E-state index is 12.3. The number of amides is 1. The Hall–Kier alpha value is -3.24. The lowest BCUT2D eigenvalue weighted by molar-refractivity contribution is -0.553. The number of thioether (sulfide) groups is 1. The van der Waals surface area contributed by atoms with E-state index in [4.69, 9.17) is 5.73 Å². The van der Waals surface area contributed by atoms with Crippen LogP contribution in [0.2, 0.25) is 0 Å². The van der Waals surface area contributed by atoms with Gasteiger partial charge in [0.05, 0.1) is 12.1 Å². The number of hydrogen-bond donors (Lipinski definition) is 3. The molecule has 1 unspecified atom stereocenters. The van der Waals surface area contributed by atoms with Crippen molar-refractivity contribution in [1.29, 1.82) is 0 Å². The molecule has 1 atom stereocenters. The van der Waals surface area contributed by atoms with Crippen molar-refractivity contribution in [3.63, 3.8) is 0 Å². The van der Waals surface area contributed by atoms with Crippen molar-refractivity contribution in [3.8, 4) is 0 Å². The van der Waals surface area contributed by atoms with Crippen LogP contribution < -0.4 is 16.6 Å². The van der Waals surface area contributed by atoms with Crippen molar-refractivity contribution in [2.45, 2.75) is 24.3 Å². The molecule has 0 aromatic heterocycles. The summed E-state index contributed by atoms with van der Waals surface area (Å²) in [6.45, 7) is 0. The van der Waals surface area contributed by atoms with Gasteiger partial charge in [-0.1, -0.05) is 42.5 Å². The number of hydrazine groups is 1. The number of nitrogens with zero attached hydrogens (tertiary/aromatic N) is 1. The molecule has 1 aliphatic carbocycles. The molecule has 0 bridgehead atoms. The maximum Gasteiger partial charge on any atom is 0.317 e. The number of allylic oxidation sites excluding steroid dienone is 2. The fourth-order valence-corrected chi connectivity index (χ4v) is 4.12. The average Bonchev–Trinajstić information content (AvgIpc) is 2.77.